The summed E-state index contributed by atoms with van der Waals surface area (Å²) in [5.74, 6) is -0.580. The van der Waals surface area contributed by atoms with Gasteiger partial charge in [0.05, 0.1) is 12.0 Å². The Labute approximate surface area is 107 Å². The molecule has 0 fully saturated rings. The number of rotatable bonds is 5. The van der Waals surface area contributed by atoms with Gasteiger partial charge in [0.15, 0.2) is 0 Å². The third kappa shape index (κ3) is 3.30. The molecule has 1 aromatic rings. The highest BCUT2D eigenvalue weighted by molar-refractivity contribution is 7.89. The minimum Gasteiger partial charge on any atom is -0.468 e. The van der Waals surface area contributed by atoms with Crippen molar-refractivity contribution in [1.82, 2.24) is 4.31 Å². The molecule has 1 rings (SSSR count). The highest BCUT2D eigenvalue weighted by Gasteiger charge is 2.29. The van der Waals surface area contributed by atoms with Crippen molar-refractivity contribution in [3.8, 4) is 0 Å². The van der Waals surface area contributed by atoms with Crippen LogP contribution in [0.15, 0.2) is 35.2 Å². The molecule has 6 heteroatoms. The van der Waals surface area contributed by atoms with Crippen molar-refractivity contribution >= 4 is 16.0 Å². The molecule has 0 amide bonds. The molecule has 0 aromatic heterocycles. The Morgan fingerprint density at radius 3 is 2.28 bits per heavy atom. The van der Waals surface area contributed by atoms with E-state index in [9.17, 15) is 13.2 Å². The lowest BCUT2D eigenvalue weighted by Crippen LogP contribution is -2.40. The maximum Gasteiger partial charge on any atom is 0.321 e. The van der Waals surface area contributed by atoms with Gasteiger partial charge >= 0.3 is 5.97 Å². The van der Waals surface area contributed by atoms with Gasteiger partial charge in [-0.1, -0.05) is 18.2 Å². The van der Waals surface area contributed by atoms with Crippen LogP contribution in [0.1, 0.15) is 13.8 Å². The van der Waals surface area contributed by atoms with E-state index >= 15 is 0 Å². The highest BCUT2D eigenvalue weighted by atomic mass is 32.2. The minimum absolute atomic E-state index is 0.169. The van der Waals surface area contributed by atoms with Gasteiger partial charge in [-0.2, -0.15) is 4.31 Å². The third-order valence-corrected chi connectivity index (χ3v) is 4.47. The average molecular weight is 271 g/mol. The largest absolute Gasteiger partial charge is 0.468 e. The van der Waals surface area contributed by atoms with Crippen molar-refractivity contribution in [1.29, 1.82) is 0 Å². The maximum absolute atomic E-state index is 12.3. The van der Waals surface area contributed by atoms with E-state index in [0.717, 1.165) is 4.31 Å². The molecule has 1 aromatic carbocycles. The van der Waals surface area contributed by atoms with Gasteiger partial charge in [0.25, 0.3) is 0 Å². The average Bonchev–Trinajstić information content (AvgIpc) is 2.36. The molecule has 0 bridgehead atoms. The predicted octanol–water partition coefficient (Wildman–Crippen LogP) is 1.26. The number of benzene rings is 1. The molecule has 0 aliphatic heterocycles. The molecule has 0 unspecified atom stereocenters. The number of ether oxygens (including phenoxy) is 1. The first-order chi connectivity index (χ1) is 8.39. The van der Waals surface area contributed by atoms with Crippen LogP contribution in [0, 0.1) is 0 Å². The third-order valence-electron chi connectivity index (χ3n) is 2.44. The van der Waals surface area contributed by atoms with Crippen molar-refractivity contribution < 1.29 is 17.9 Å². The van der Waals surface area contributed by atoms with Crippen molar-refractivity contribution in [3.63, 3.8) is 0 Å². The van der Waals surface area contributed by atoms with E-state index in [1.54, 1.807) is 32.0 Å². The summed E-state index contributed by atoms with van der Waals surface area (Å²) in [6.45, 7) is 3.14. The van der Waals surface area contributed by atoms with Gasteiger partial charge in [0, 0.05) is 6.04 Å². The molecule has 0 aliphatic carbocycles. The Morgan fingerprint density at radius 2 is 1.83 bits per heavy atom. The van der Waals surface area contributed by atoms with Crippen LogP contribution < -0.4 is 0 Å². The topological polar surface area (TPSA) is 63.7 Å². The van der Waals surface area contributed by atoms with Gasteiger partial charge in [-0.3, -0.25) is 4.79 Å². The zero-order chi connectivity index (χ0) is 13.8. The summed E-state index contributed by atoms with van der Waals surface area (Å²) in [4.78, 5) is 11.4. The molecule has 0 aliphatic rings. The Bertz CT molecular complexity index is 496. The number of hydrogen-bond donors (Lipinski definition) is 0. The fraction of sp³-hybridized carbons (Fsp3) is 0.417. The summed E-state index contributed by atoms with van der Waals surface area (Å²) in [7, 11) is -2.44. The Kier molecular flexibility index (Phi) is 4.86. The summed E-state index contributed by atoms with van der Waals surface area (Å²) in [5, 5.41) is 0. The predicted molar refractivity (Wildman–Crippen MR) is 67.5 cm³/mol. The molecule has 0 radical (unpaired) electrons. The first kappa shape index (κ1) is 14.7. The van der Waals surface area contributed by atoms with Crippen molar-refractivity contribution in [2.45, 2.75) is 24.8 Å². The first-order valence-electron chi connectivity index (χ1n) is 5.53. The monoisotopic (exact) mass is 271 g/mol. The number of esters is 1. The first-order valence-corrected chi connectivity index (χ1v) is 6.97. The standard InChI is InChI=1S/C12H17NO4S/c1-10(2)13(9-12(14)17-3)18(15,16)11-7-5-4-6-8-11/h4-8,10H,9H2,1-3H3. The van der Waals surface area contributed by atoms with Gasteiger partial charge < -0.3 is 4.74 Å². The SMILES string of the molecule is COC(=O)CN(C(C)C)S(=O)(=O)c1ccccc1. The van der Waals surface area contributed by atoms with Crippen LogP contribution in [0.5, 0.6) is 0 Å². The molecule has 5 nitrogen and oxygen atoms in total. The zero-order valence-corrected chi connectivity index (χ0v) is 11.5. The molecule has 0 spiro atoms. The van der Waals surface area contributed by atoms with Gasteiger partial charge in [-0.25, -0.2) is 8.42 Å². The molecular formula is C12H17NO4S. The molecule has 0 N–H and O–H groups in total. The molecule has 100 valence electrons. The van der Waals surface area contributed by atoms with Crippen LogP contribution in [-0.2, 0) is 19.6 Å². The van der Waals surface area contributed by atoms with Gasteiger partial charge in [-0.15, -0.1) is 0 Å². The molecular weight excluding hydrogens is 254 g/mol. The van der Waals surface area contributed by atoms with Gasteiger partial charge in [0.2, 0.25) is 10.0 Å². The van der Waals surface area contributed by atoms with E-state index < -0.39 is 16.0 Å². The fourth-order valence-electron chi connectivity index (χ4n) is 1.46. The Balaban J connectivity index is 3.10. The smallest absolute Gasteiger partial charge is 0.321 e. The lowest BCUT2D eigenvalue weighted by Gasteiger charge is -2.24. The van der Waals surface area contributed by atoms with Crippen molar-refractivity contribution in [2.24, 2.45) is 0 Å². The highest BCUT2D eigenvalue weighted by Crippen LogP contribution is 2.17. The summed E-state index contributed by atoms with van der Waals surface area (Å²) in [6, 6.07) is 7.70. The van der Waals surface area contributed by atoms with E-state index in [1.165, 1.54) is 19.2 Å². The molecule has 0 heterocycles. The van der Waals surface area contributed by atoms with Crippen LogP contribution >= 0.6 is 0 Å². The van der Waals surface area contributed by atoms with Gasteiger partial charge in [-0.05, 0) is 26.0 Å². The normalized spacial score (nSPS) is 11.8. The van der Waals surface area contributed by atoms with Crippen molar-refractivity contribution in [3.05, 3.63) is 30.3 Å². The molecule has 0 saturated carbocycles. The fourth-order valence-corrected chi connectivity index (χ4v) is 3.07. The van der Waals surface area contributed by atoms with E-state index in [0.29, 0.717) is 0 Å². The second-order valence-corrected chi connectivity index (χ2v) is 5.92. The van der Waals surface area contributed by atoms with Gasteiger partial charge in [0.1, 0.15) is 6.54 Å². The molecule has 18 heavy (non-hydrogen) atoms. The van der Waals surface area contributed by atoms with E-state index in [2.05, 4.69) is 4.74 Å². The quantitative estimate of drug-likeness (QED) is 0.756. The van der Waals surface area contributed by atoms with E-state index in [1.807, 2.05) is 0 Å². The lowest BCUT2D eigenvalue weighted by molar-refractivity contribution is -0.141. The van der Waals surface area contributed by atoms with E-state index in [-0.39, 0.29) is 17.5 Å². The van der Waals surface area contributed by atoms with Crippen LogP contribution in [0.25, 0.3) is 0 Å². The number of carbonyl (C=O) groups is 1. The van der Waals surface area contributed by atoms with E-state index in [4.69, 9.17) is 0 Å². The summed E-state index contributed by atoms with van der Waals surface area (Å²) < 4.78 is 30.3. The summed E-state index contributed by atoms with van der Waals surface area (Å²) >= 11 is 0. The number of methoxy groups -OCH3 is 1. The Hall–Kier alpha value is -1.40. The van der Waals surface area contributed by atoms with Crippen LogP contribution in [0.4, 0.5) is 0 Å². The lowest BCUT2D eigenvalue weighted by atomic mass is 10.4. The maximum atomic E-state index is 12.3. The van der Waals surface area contributed by atoms with Crippen molar-refractivity contribution in [2.75, 3.05) is 13.7 Å². The number of carbonyl (C=O) groups excluding carboxylic acids is 1. The summed E-state index contributed by atoms with van der Waals surface area (Å²) in [6.07, 6.45) is 0. The number of sulfonamides is 1. The summed E-state index contributed by atoms with van der Waals surface area (Å²) in [5.41, 5.74) is 0. The minimum atomic E-state index is -3.67. The van der Waals surface area contributed by atoms with Crippen LogP contribution in [0.2, 0.25) is 0 Å². The second kappa shape index (κ2) is 5.97. The van der Waals surface area contributed by atoms with Crippen LogP contribution in [-0.4, -0.2) is 38.4 Å². The zero-order valence-electron chi connectivity index (χ0n) is 10.7. The molecule has 0 atom stereocenters. The second-order valence-electron chi connectivity index (χ2n) is 4.03. The Morgan fingerprint density at radius 1 is 1.28 bits per heavy atom. The van der Waals surface area contributed by atoms with Crippen LogP contribution in [0.3, 0.4) is 0 Å². The number of nitrogens with zero attached hydrogens (tertiary/aromatic N) is 1. The molecule has 0 saturated heterocycles. The number of hydrogen-bond acceptors (Lipinski definition) is 4.